The summed E-state index contributed by atoms with van der Waals surface area (Å²) in [6.45, 7) is 2.64. The molecule has 2 N–H and O–H groups in total. The molecule has 0 radical (unpaired) electrons. The quantitative estimate of drug-likeness (QED) is 0.713. The molecule has 0 saturated carbocycles. The molecule has 0 saturated heterocycles. The molecule has 0 unspecified atom stereocenters. The summed E-state index contributed by atoms with van der Waals surface area (Å²) in [5, 5.41) is 6.45. The van der Waals surface area contributed by atoms with E-state index >= 15 is 0 Å². The fraction of sp³-hybridized carbons (Fsp3) is 0.118. The Morgan fingerprint density at radius 1 is 1.08 bits per heavy atom. The van der Waals surface area contributed by atoms with Gasteiger partial charge in [0.05, 0.1) is 22.1 Å². The van der Waals surface area contributed by atoms with Crippen LogP contribution in [-0.2, 0) is 0 Å². The van der Waals surface area contributed by atoms with Crippen LogP contribution in [0.4, 0.5) is 21.8 Å². The minimum atomic E-state index is -0.393. The molecule has 0 spiro atoms. The van der Waals surface area contributed by atoms with Crippen LogP contribution >= 0.6 is 11.6 Å². The van der Waals surface area contributed by atoms with Crippen LogP contribution in [0.3, 0.4) is 0 Å². The van der Waals surface area contributed by atoms with Crippen molar-refractivity contribution in [3.63, 3.8) is 0 Å². The molecule has 0 aliphatic heterocycles. The SMILES string of the molecule is CCNc1nc(Nc2ccc(F)cc2Cl)cc(-c2ccccn2)n1. The highest BCUT2D eigenvalue weighted by atomic mass is 35.5. The van der Waals surface area contributed by atoms with Gasteiger partial charge in [0.15, 0.2) is 0 Å². The van der Waals surface area contributed by atoms with E-state index in [0.29, 0.717) is 29.7 Å². The molecular formula is C17H15ClFN5. The largest absolute Gasteiger partial charge is 0.354 e. The first kappa shape index (κ1) is 16.1. The third-order valence-electron chi connectivity index (χ3n) is 3.18. The van der Waals surface area contributed by atoms with Crippen molar-refractivity contribution < 1.29 is 4.39 Å². The molecule has 0 fully saturated rings. The Morgan fingerprint density at radius 2 is 1.96 bits per heavy atom. The minimum absolute atomic E-state index is 0.276. The van der Waals surface area contributed by atoms with Gasteiger partial charge in [-0.25, -0.2) is 9.37 Å². The summed E-state index contributed by atoms with van der Waals surface area (Å²) in [7, 11) is 0. The number of aromatic nitrogens is 3. The Labute approximate surface area is 144 Å². The van der Waals surface area contributed by atoms with Gasteiger partial charge in [-0.2, -0.15) is 4.98 Å². The molecule has 0 amide bonds. The van der Waals surface area contributed by atoms with Crippen molar-refractivity contribution in [1.29, 1.82) is 0 Å². The Hall–Kier alpha value is -2.73. The number of nitrogens with zero attached hydrogens (tertiary/aromatic N) is 3. The maximum atomic E-state index is 13.2. The first-order chi connectivity index (χ1) is 11.7. The van der Waals surface area contributed by atoms with Crippen LogP contribution in [0, 0.1) is 5.82 Å². The zero-order valence-electron chi connectivity index (χ0n) is 12.9. The number of pyridine rings is 1. The first-order valence-corrected chi connectivity index (χ1v) is 7.80. The predicted octanol–water partition coefficient (Wildman–Crippen LogP) is 4.51. The third kappa shape index (κ3) is 3.78. The number of halogens is 2. The van der Waals surface area contributed by atoms with Crippen LogP contribution in [-0.4, -0.2) is 21.5 Å². The lowest BCUT2D eigenvalue weighted by Gasteiger charge is -2.11. The van der Waals surface area contributed by atoms with E-state index in [2.05, 4.69) is 25.6 Å². The van der Waals surface area contributed by atoms with Gasteiger partial charge in [-0.1, -0.05) is 17.7 Å². The normalized spacial score (nSPS) is 10.5. The molecular weight excluding hydrogens is 329 g/mol. The lowest BCUT2D eigenvalue weighted by molar-refractivity contribution is 0.628. The van der Waals surface area contributed by atoms with Crippen molar-refractivity contribution in [2.24, 2.45) is 0 Å². The van der Waals surface area contributed by atoms with Crippen molar-refractivity contribution in [3.8, 4) is 11.4 Å². The maximum Gasteiger partial charge on any atom is 0.225 e. The van der Waals surface area contributed by atoms with E-state index in [1.54, 1.807) is 18.3 Å². The second kappa shape index (κ2) is 7.23. The highest BCUT2D eigenvalue weighted by molar-refractivity contribution is 6.33. The summed E-state index contributed by atoms with van der Waals surface area (Å²) in [4.78, 5) is 13.2. The molecule has 5 nitrogen and oxygen atoms in total. The van der Waals surface area contributed by atoms with E-state index in [0.717, 1.165) is 5.69 Å². The van der Waals surface area contributed by atoms with Gasteiger partial charge in [-0.3, -0.25) is 4.98 Å². The van der Waals surface area contributed by atoms with Gasteiger partial charge < -0.3 is 10.6 Å². The summed E-state index contributed by atoms with van der Waals surface area (Å²) in [5.41, 5.74) is 1.96. The fourth-order valence-electron chi connectivity index (χ4n) is 2.12. The van der Waals surface area contributed by atoms with Crippen molar-refractivity contribution in [3.05, 3.63) is 59.5 Å². The van der Waals surface area contributed by atoms with E-state index in [1.807, 2.05) is 25.1 Å². The Balaban J connectivity index is 1.99. The lowest BCUT2D eigenvalue weighted by Crippen LogP contribution is -2.06. The topological polar surface area (TPSA) is 62.7 Å². The highest BCUT2D eigenvalue weighted by Gasteiger charge is 2.09. The summed E-state index contributed by atoms with van der Waals surface area (Å²) in [6.07, 6.45) is 1.70. The first-order valence-electron chi connectivity index (χ1n) is 7.42. The summed E-state index contributed by atoms with van der Waals surface area (Å²) < 4.78 is 13.2. The number of rotatable bonds is 5. The van der Waals surface area contributed by atoms with E-state index in [1.165, 1.54) is 12.1 Å². The van der Waals surface area contributed by atoms with Gasteiger partial charge in [0.2, 0.25) is 5.95 Å². The molecule has 0 bridgehead atoms. The van der Waals surface area contributed by atoms with Gasteiger partial charge in [-0.05, 0) is 37.3 Å². The van der Waals surface area contributed by atoms with Gasteiger partial charge in [0.25, 0.3) is 0 Å². The molecule has 0 aliphatic rings. The molecule has 122 valence electrons. The Morgan fingerprint density at radius 3 is 2.67 bits per heavy atom. The van der Waals surface area contributed by atoms with Gasteiger partial charge in [-0.15, -0.1) is 0 Å². The Bertz CT molecular complexity index is 842. The average molecular weight is 344 g/mol. The predicted molar refractivity (Wildman–Crippen MR) is 94.1 cm³/mol. The van der Waals surface area contributed by atoms with Crippen LogP contribution in [0.5, 0.6) is 0 Å². The van der Waals surface area contributed by atoms with Gasteiger partial charge in [0.1, 0.15) is 11.6 Å². The standard InChI is InChI=1S/C17H15ClFN5/c1-2-20-17-23-15(14-5-3-4-8-21-14)10-16(24-17)22-13-7-6-11(19)9-12(13)18/h3-10H,2H2,1H3,(H2,20,22,23,24). The molecule has 0 aliphatic carbocycles. The van der Waals surface area contributed by atoms with E-state index in [-0.39, 0.29) is 5.02 Å². The van der Waals surface area contributed by atoms with Crippen molar-refractivity contribution >= 4 is 29.1 Å². The van der Waals surface area contributed by atoms with Crippen molar-refractivity contribution in [2.75, 3.05) is 17.2 Å². The molecule has 3 aromatic rings. The van der Waals surface area contributed by atoms with Crippen molar-refractivity contribution in [2.45, 2.75) is 6.92 Å². The smallest absolute Gasteiger partial charge is 0.225 e. The molecule has 0 atom stereocenters. The molecule has 3 rings (SSSR count). The summed E-state index contributed by atoms with van der Waals surface area (Å²) in [6, 6.07) is 11.5. The molecule has 1 aromatic carbocycles. The van der Waals surface area contributed by atoms with Crippen molar-refractivity contribution in [1.82, 2.24) is 15.0 Å². The lowest BCUT2D eigenvalue weighted by atomic mass is 10.2. The number of hydrogen-bond donors (Lipinski definition) is 2. The average Bonchev–Trinajstić information content (AvgIpc) is 2.58. The van der Waals surface area contributed by atoms with Gasteiger partial charge >= 0.3 is 0 Å². The minimum Gasteiger partial charge on any atom is -0.354 e. The Kier molecular flexibility index (Phi) is 4.86. The monoisotopic (exact) mass is 343 g/mol. The van der Waals surface area contributed by atoms with E-state index < -0.39 is 5.82 Å². The van der Waals surface area contributed by atoms with Crippen LogP contribution in [0.15, 0.2) is 48.7 Å². The summed E-state index contributed by atoms with van der Waals surface area (Å²) in [5.74, 6) is 0.618. The van der Waals surface area contributed by atoms with Crippen LogP contribution < -0.4 is 10.6 Å². The molecule has 2 heterocycles. The fourth-order valence-corrected chi connectivity index (χ4v) is 2.34. The molecule has 2 aromatic heterocycles. The van der Waals surface area contributed by atoms with E-state index in [9.17, 15) is 4.39 Å². The van der Waals surface area contributed by atoms with Crippen LogP contribution in [0.2, 0.25) is 5.02 Å². The summed E-state index contributed by atoms with van der Waals surface area (Å²) >= 11 is 6.06. The van der Waals surface area contributed by atoms with Crippen LogP contribution in [0.25, 0.3) is 11.4 Å². The number of hydrogen-bond acceptors (Lipinski definition) is 5. The van der Waals surface area contributed by atoms with Gasteiger partial charge in [0, 0.05) is 18.8 Å². The molecule has 24 heavy (non-hydrogen) atoms. The highest BCUT2D eigenvalue weighted by Crippen LogP contribution is 2.27. The van der Waals surface area contributed by atoms with E-state index in [4.69, 9.17) is 11.6 Å². The second-order valence-electron chi connectivity index (χ2n) is 4.96. The zero-order chi connectivity index (χ0) is 16.9. The number of anilines is 3. The van der Waals surface area contributed by atoms with Crippen LogP contribution in [0.1, 0.15) is 6.92 Å². The molecule has 7 heteroatoms. The maximum absolute atomic E-state index is 13.2. The second-order valence-corrected chi connectivity index (χ2v) is 5.36. The third-order valence-corrected chi connectivity index (χ3v) is 3.49. The number of benzene rings is 1. The number of nitrogens with one attached hydrogen (secondary N) is 2. The zero-order valence-corrected chi connectivity index (χ0v) is 13.7.